The van der Waals surface area contributed by atoms with Crippen molar-refractivity contribution >= 4 is 44.0 Å². The summed E-state index contributed by atoms with van der Waals surface area (Å²) >= 11 is 4.22. The molecule has 0 saturated carbocycles. The van der Waals surface area contributed by atoms with Gasteiger partial charge in [-0.1, -0.05) is 24.3 Å². The first-order chi connectivity index (χ1) is 7.74. The van der Waals surface area contributed by atoms with Gasteiger partial charge in [-0.15, -0.1) is 17.9 Å². The Bertz CT molecular complexity index is 504. The van der Waals surface area contributed by atoms with Crippen molar-refractivity contribution in [3.05, 3.63) is 45.4 Å². The number of fused-ring (bicyclic) bond motifs is 1. The van der Waals surface area contributed by atoms with Crippen LogP contribution in [0.3, 0.4) is 0 Å². The molecule has 2 aromatic rings. The molecule has 0 aliphatic rings. The maximum atomic E-state index is 5.68. The van der Waals surface area contributed by atoms with Crippen molar-refractivity contribution in [3.8, 4) is 0 Å². The van der Waals surface area contributed by atoms with Crippen LogP contribution in [-0.2, 0) is 4.74 Å². The van der Waals surface area contributed by atoms with E-state index in [1.807, 2.05) is 11.3 Å². The molecule has 1 atom stereocenters. The molecule has 3 heteroatoms. The fourth-order valence-electron chi connectivity index (χ4n) is 1.58. The standard InChI is InChI=1S/C13H13IOS/c1-3-8-15-9(2)13-12(14)10-6-4-5-7-11(10)16-13/h3-7,9H,1,8H2,2H3. The summed E-state index contributed by atoms with van der Waals surface area (Å²) in [5.74, 6) is 0. The number of ether oxygens (including phenoxy) is 1. The predicted molar refractivity (Wildman–Crippen MR) is 79.1 cm³/mol. The monoisotopic (exact) mass is 344 g/mol. The van der Waals surface area contributed by atoms with Crippen LogP contribution in [0, 0.1) is 3.57 Å². The van der Waals surface area contributed by atoms with Crippen LogP contribution in [0.25, 0.3) is 10.1 Å². The maximum absolute atomic E-state index is 5.68. The SMILES string of the molecule is C=CCOC(C)c1sc2ccccc2c1I. The highest BCUT2D eigenvalue weighted by molar-refractivity contribution is 14.1. The molecule has 0 radical (unpaired) electrons. The number of hydrogen-bond acceptors (Lipinski definition) is 2. The van der Waals surface area contributed by atoms with Crippen LogP contribution in [-0.4, -0.2) is 6.61 Å². The van der Waals surface area contributed by atoms with Gasteiger partial charge in [0.2, 0.25) is 0 Å². The fourth-order valence-corrected chi connectivity index (χ4v) is 4.10. The Morgan fingerprint density at radius 3 is 2.94 bits per heavy atom. The van der Waals surface area contributed by atoms with Gasteiger partial charge in [-0.25, -0.2) is 0 Å². The number of halogens is 1. The Balaban J connectivity index is 2.37. The molecule has 0 spiro atoms. The van der Waals surface area contributed by atoms with E-state index in [-0.39, 0.29) is 6.10 Å². The Kier molecular flexibility index (Phi) is 4.00. The van der Waals surface area contributed by atoms with Gasteiger partial charge < -0.3 is 4.74 Å². The van der Waals surface area contributed by atoms with Crippen LogP contribution in [0.4, 0.5) is 0 Å². The van der Waals surface area contributed by atoms with E-state index >= 15 is 0 Å². The minimum absolute atomic E-state index is 0.141. The lowest BCUT2D eigenvalue weighted by Crippen LogP contribution is -1.98. The van der Waals surface area contributed by atoms with Crippen LogP contribution >= 0.6 is 33.9 Å². The van der Waals surface area contributed by atoms with Crippen LogP contribution in [0.1, 0.15) is 17.9 Å². The molecule has 1 nitrogen and oxygen atoms in total. The molecular formula is C13H13IOS. The first-order valence-corrected chi connectivity index (χ1v) is 7.03. The summed E-state index contributed by atoms with van der Waals surface area (Å²) in [5, 5.41) is 1.33. The minimum Gasteiger partial charge on any atom is -0.369 e. The number of hydrogen-bond donors (Lipinski definition) is 0. The highest BCUT2D eigenvalue weighted by atomic mass is 127. The topological polar surface area (TPSA) is 9.23 Å². The van der Waals surface area contributed by atoms with Gasteiger partial charge in [-0.2, -0.15) is 0 Å². The molecule has 84 valence electrons. The number of thiophene rings is 1. The Labute approximate surface area is 113 Å². The first-order valence-electron chi connectivity index (χ1n) is 5.13. The molecule has 0 aliphatic carbocycles. The van der Waals surface area contributed by atoms with E-state index in [9.17, 15) is 0 Å². The zero-order chi connectivity index (χ0) is 11.5. The van der Waals surface area contributed by atoms with Crippen molar-refractivity contribution in [3.63, 3.8) is 0 Å². The van der Waals surface area contributed by atoms with Gasteiger partial charge in [-0.3, -0.25) is 0 Å². The van der Waals surface area contributed by atoms with Crippen molar-refractivity contribution < 1.29 is 4.74 Å². The van der Waals surface area contributed by atoms with Gasteiger partial charge in [0.1, 0.15) is 0 Å². The summed E-state index contributed by atoms with van der Waals surface area (Å²) in [6.07, 6.45) is 1.93. The normalized spacial score (nSPS) is 12.9. The summed E-state index contributed by atoms with van der Waals surface area (Å²) < 4.78 is 8.32. The lowest BCUT2D eigenvalue weighted by molar-refractivity contribution is 0.0909. The zero-order valence-corrected chi connectivity index (χ0v) is 12.0. The third-order valence-electron chi connectivity index (χ3n) is 2.39. The van der Waals surface area contributed by atoms with E-state index in [0.29, 0.717) is 6.61 Å². The summed E-state index contributed by atoms with van der Waals surface area (Å²) in [6, 6.07) is 8.48. The quantitative estimate of drug-likeness (QED) is 0.574. The van der Waals surface area contributed by atoms with Gasteiger partial charge in [0, 0.05) is 18.5 Å². The van der Waals surface area contributed by atoms with E-state index in [4.69, 9.17) is 4.74 Å². The second kappa shape index (κ2) is 5.29. The number of benzene rings is 1. The lowest BCUT2D eigenvalue weighted by atomic mass is 10.2. The Hall–Kier alpha value is -0.390. The van der Waals surface area contributed by atoms with E-state index in [1.165, 1.54) is 18.5 Å². The fraction of sp³-hybridized carbons (Fsp3) is 0.231. The summed E-state index contributed by atoms with van der Waals surface area (Å²) in [7, 11) is 0. The molecule has 0 aliphatic heterocycles. The molecule has 0 N–H and O–H groups in total. The Morgan fingerprint density at radius 1 is 1.50 bits per heavy atom. The molecule has 0 fully saturated rings. The molecule has 1 aromatic carbocycles. The molecule has 1 unspecified atom stereocenters. The van der Waals surface area contributed by atoms with Gasteiger partial charge in [0.05, 0.1) is 12.7 Å². The average molecular weight is 344 g/mol. The van der Waals surface area contributed by atoms with E-state index in [1.54, 1.807) is 6.08 Å². The molecule has 1 heterocycles. The minimum atomic E-state index is 0.141. The van der Waals surface area contributed by atoms with E-state index < -0.39 is 0 Å². The van der Waals surface area contributed by atoms with Crippen molar-refractivity contribution in [1.29, 1.82) is 0 Å². The van der Waals surface area contributed by atoms with Crippen molar-refractivity contribution in [2.45, 2.75) is 13.0 Å². The maximum Gasteiger partial charge on any atom is 0.0904 e. The third kappa shape index (κ3) is 2.31. The summed E-state index contributed by atoms with van der Waals surface area (Å²) in [5.41, 5.74) is 0. The molecule has 0 saturated heterocycles. The summed E-state index contributed by atoms with van der Waals surface area (Å²) in [4.78, 5) is 1.31. The van der Waals surface area contributed by atoms with Crippen LogP contribution in [0.15, 0.2) is 36.9 Å². The third-order valence-corrected chi connectivity index (χ3v) is 5.25. The van der Waals surface area contributed by atoms with Gasteiger partial charge >= 0.3 is 0 Å². The lowest BCUT2D eigenvalue weighted by Gasteiger charge is -2.09. The molecule has 0 amide bonds. The van der Waals surface area contributed by atoms with Gasteiger partial charge in [0.15, 0.2) is 0 Å². The smallest absolute Gasteiger partial charge is 0.0904 e. The molecule has 16 heavy (non-hydrogen) atoms. The van der Waals surface area contributed by atoms with E-state index in [2.05, 4.69) is 60.4 Å². The largest absolute Gasteiger partial charge is 0.369 e. The second-order valence-electron chi connectivity index (χ2n) is 3.54. The van der Waals surface area contributed by atoms with Crippen LogP contribution < -0.4 is 0 Å². The van der Waals surface area contributed by atoms with Crippen LogP contribution in [0.2, 0.25) is 0 Å². The molecule has 0 bridgehead atoms. The zero-order valence-electron chi connectivity index (χ0n) is 9.07. The molecule has 2 rings (SSSR count). The average Bonchev–Trinajstić information content (AvgIpc) is 2.64. The van der Waals surface area contributed by atoms with Crippen LogP contribution in [0.5, 0.6) is 0 Å². The number of rotatable bonds is 4. The van der Waals surface area contributed by atoms with Gasteiger partial charge in [-0.05, 0) is 35.6 Å². The highest BCUT2D eigenvalue weighted by Gasteiger charge is 2.15. The molecular weight excluding hydrogens is 331 g/mol. The summed E-state index contributed by atoms with van der Waals surface area (Å²) in [6.45, 7) is 6.36. The highest BCUT2D eigenvalue weighted by Crippen LogP contribution is 2.37. The Morgan fingerprint density at radius 2 is 2.25 bits per heavy atom. The second-order valence-corrected chi connectivity index (χ2v) is 5.70. The predicted octanol–water partition coefficient (Wildman–Crippen LogP) is 4.77. The van der Waals surface area contributed by atoms with Crippen molar-refractivity contribution in [1.82, 2.24) is 0 Å². The van der Waals surface area contributed by atoms with Crippen molar-refractivity contribution in [2.24, 2.45) is 0 Å². The van der Waals surface area contributed by atoms with Gasteiger partial charge in [0.25, 0.3) is 0 Å². The van der Waals surface area contributed by atoms with Crippen molar-refractivity contribution in [2.75, 3.05) is 6.61 Å². The molecule has 1 aromatic heterocycles. The van der Waals surface area contributed by atoms with E-state index in [0.717, 1.165) is 0 Å². The first kappa shape index (κ1) is 12.1.